The highest BCUT2D eigenvalue weighted by Crippen LogP contribution is 2.28. The second-order valence-corrected chi connectivity index (χ2v) is 8.88. The molecular weight excluding hydrogens is 430 g/mol. The second-order valence-electron chi connectivity index (χ2n) is 8.88. The summed E-state index contributed by atoms with van der Waals surface area (Å²) in [7, 11) is 0. The molecule has 2 fully saturated rings. The van der Waals surface area contributed by atoms with Gasteiger partial charge in [0, 0.05) is 31.7 Å². The van der Waals surface area contributed by atoms with Gasteiger partial charge in [0.1, 0.15) is 5.75 Å². The Morgan fingerprint density at radius 2 is 1.62 bits per heavy atom. The third-order valence-electron chi connectivity index (χ3n) is 6.55. The lowest BCUT2D eigenvalue weighted by molar-refractivity contribution is -0.123. The van der Waals surface area contributed by atoms with Crippen molar-refractivity contribution in [1.82, 2.24) is 9.80 Å². The van der Waals surface area contributed by atoms with Gasteiger partial charge in [-0.3, -0.25) is 19.3 Å². The van der Waals surface area contributed by atoms with Gasteiger partial charge in [-0.1, -0.05) is 44.4 Å². The van der Waals surface area contributed by atoms with Gasteiger partial charge in [0.15, 0.2) is 0 Å². The Balaban J connectivity index is 1.31. The Kier molecular flexibility index (Phi) is 7.95. The van der Waals surface area contributed by atoms with E-state index in [4.69, 9.17) is 4.74 Å². The van der Waals surface area contributed by atoms with Crippen molar-refractivity contribution < 1.29 is 19.1 Å². The van der Waals surface area contributed by atoms with Crippen LogP contribution in [0.4, 0.5) is 5.69 Å². The molecule has 34 heavy (non-hydrogen) atoms. The maximum absolute atomic E-state index is 13.2. The SMILES string of the molecule is CCCCCCOc1ccc(N2C(=O)C[C@H](N3CCN(C(=O)c4ccccc4)CC3)C2=O)cc1. The molecule has 0 N–H and O–H groups in total. The minimum atomic E-state index is -0.476. The predicted octanol–water partition coefficient (Wildman–Crippen LogP) is 3.74. The van der Waals surface area contributed by atoms with Crippen molar-refractivity contribution in [2.45, 2.75) is 45.1 Å². The van der Waals surface area contributed by atoms with Crippen LogP contribution in [0.25, 0.3) is 0 Å². The summed E-state index contributed by atoms with van der Waals surface area (Å²) in [5.74, 6) is 0.366. The van der Waals surface area contributed by atoms with E-state index in [-0.39, 0.29) is 24.1 Å². The molecule has 2 heterocycles. The molecule has 0 spiro atoms. The Hall–Kier alpha value is -3.19. The van der Waals surface area contributed by atoms with Gasteiger partial charge in [-0.05, 0) is 42.8 Å². The van der Waals surface area contributed by atoms with E-state index in [0.717, 1.165) is 18.6 Å². The summed E-state index contributed by atoms with van der Waals surface area (Å²) in [4.78, 5) is 43.7. The van der Waals surface area contributed by atoms with Crippen LogP contribution in [0.5, 0.6) is 5.75 Å². The van der Waals surface area contributed by atoms with Gasteiger partial charge in [0.05, 0.1) is 24.8 Å². The van der Waals surface area contributed by atoms with Crippen molar-refractivity contribution in [3.8, 4) is 5.75 Å². The molecule has 0 aromatic heterocycles. The van der Waals surface area contributed by atoms with Gasteiger partial charge in [0.2, 0.25) is 5.91 Å². The molecule has 180 valence electrons. The maximum atomic E-state index is 13.2. The Labute approximate surface area is 201 Å². The summed E-state index contributed by atoms with van der Waals surface area (Å²) in [5.41, 5.74) is 1.25. The molecule has 1 atom stereocenters. The van der Waals surface area contributed by atoms with Crippen molar-refractivity contribution in [2.24, 2.45) is 0 Å². The first-order chi connectivity index (χ1) is 16.6. The molecule has 3 amide bonds. The molecule has 0 radical (unpaired) electrons. The van der Waals surface area contributed by atoms with Gasteiger partial charge < -0.3 is 9.64 Å². The van der Waals surface area contributed by atoms with Crippen molar-refractivity contribution in [3.05, 3.63) is 60.2 Å². The van der Waals surface area contributed by atoms with E-state index >= 15 is 0 Å². The normalized spacial score (nSPS) is 19.0. The highest BCUT2D eigenvalue weighted by molar-refractivity contribution is 6.22. The van der Waals surface area contributed by atoms with Gasteiger partial charge >= 0.3 is 0 Å². The first-order valence-electron chi connectivity index (χ1n) is 12.3. The number of anilines is 1. The lowest BCUT2D eigenvalue weighted by atomic mass is 10.1. The fraction of sp³-hybridized carbons (Fsp3) is 0.444. The van der Waals surface area contributed by atoms with Crippen molar-refractivity contribution in [2.75, 3.05) is 37.7 Å². The zero-order valence-corrected chi connectivity index (χ0v) is 19.8. The van der Waals surface area contributed by atoms with Crippen molar-refractivity contribution >= 4 is 23.4 Å². The molecule has 2 aromatic carbocycles. The number of carbonyl (C=O) groups is 3. The first-order valence-corrected chi connectivity index (χ1v) is 12.3. The average Bonchev–Trinajstić information content (AvgIpc) is 3.18. The van der Waals surface area contributed by atoms with Crippen LogP contribution in [0.3, 0.4) is 0 Å². The van der Waals surface area contributed by atoms with E-state index in [1.165, 1.54) is 17.7 Å². The molecule has 2 aromatic rings. The summed E-state index contributed by atoms with van der Waals surface area (Å²) in [6.07, 6.45) is 4.74. The average molecular weight is 464 g/mol. The smallest absolute Gasteiger partial charge is 0.253 e. The van der Waals surface area contributed by atoms with Crippen LogP contribution in [0.15, 0.2) is 54.6 Å². The summed E-state index contributed by atoms with van der Waals surface area (Å²) in [5, 5.41) is 0. The van der Waals surface area contributed by atoms with Crippen LogP contribution in [-0.2, 0) is 9.59 Å². The largest absolute Gasteiger partial charge is 0.494 e. The summed E-state index contributed by atoms with van der Waals surface area (Å²) in [6.45, 7) is 5.06. The first kappa shape index (κ1) is 24.0. The zero-order chi connectivity index (χ0) is 23.9. The number of rotatable bonds is 9. The van der Waals surface area contributed by atoms with E-state index in [0.29, 0.717) is 44.0 Å². The number of ether oxygens (including phenoxy) is 1. The van der Waals surface area contributed by atoms with Gasteiger partial charge in [-0.15, -0.1) is 0 Å². The number of carbonyl (C=O) groups excluding carboxylic acids is 3. The van der Waals surface area contributed by atoms with Gasteiger partial charge in [0.25, 0.3) is 11.8 Å². The number of benzene rings is 2. The summed E-state index contributed by atoms with van der Waals surface area (Å²) < 4.78 is 5.77. The number of hydrogen-bond acceptors (Lipinski definition) is 5. The third-order valence-corrected chi connectivity index (χ3v) is 6.55. The Bertz CT molecular complexity index is 985. The molecule has 0 bridgehead atoms. The highest BCUT2D eigenvalue weighted by atomic mass is 16.5. The monoisotopic (exact) mass is 463 g/mol. The molecular formula is C27H33N3O4. The second kappa shape index (κ2) is 11.3. The predicted molar refractivity (Wildman–Crippen MR) is 131 cm³/mol. The molecule has 2 aliphatic rings. The Morgan fingerprint density at radius 1 is 0.912 bits per heavy atom. The molecule has 2 saturated heterocycles. The molecule has 7 heteroatoms. The van der Waals surface area contributed by atoms with Gasteiger partial charge in [-0.2, -0.15) is 0 Å². The molecule has 4 rings (SSSR count). The van der Waals surface area contributed by atoms with Gasteiger partial charge in [-0.25, -0.2) is 4.90 Å². The fourth-order valence-electron chi connectivity index (χ4n) is 4.58. The van der Waals surface area contributed by atoms with Crippen LogP contribution in [-0.4, -0.2) is 66.3 Å². The minimum Gasteiger partial charge on any atom is -0.494 e. The standard InChI is InChI=1S/C27H33N3O4/c1-2-3-4-8-19-34-23-13-11-22(12-14-23)30-25(31)20-24(27(30)33)28-15-17-29(18-16-28)26(32)21-9-6-5-7-10-21/h5-7,9-14,24H,2-4,8,15-20H2,1H3/t24-/m0/s1. The number of nitrogens with zero attached hydrogens (tertiary/aromatic N) is 3. The van der Waals surface area contributed by atoms with E-state index in [1.54, 1.807) is 12.1 Å². The zero-order valence-electron chi connectivity index (χ0n) is 19.8. The van der Waals surface area contributed by atoms with Crippen LogP contribution in [0.1, 0.15) is 49.4 Å². The number of hydrogen-bond donors (Lipinski definition) is 0. The summed E-state index contributed by atoms with van der Waals surface area (Å²) in [6, 6.07) is 15.9. The van der Waals surface area contributed by atoms with Crippen LogP contribution >= 0.6 is 0 Å². The molecule has 0 saturated carbocycles. The van der Waals surface area contributed by atoms with E-state index in [1.807, 2.05) is 52.3 Å². The molecule has 2 aliphatic heterocycles. The van der Waals surface area contributed by atoms with E-state index in [9.17, 15) is 14.4 Å². The third kappa shape index (κ3) is 5.47. The quantitative estimate of drug-likeness (QED) is 0.419. The molecule has 0 aliphatic carbocycles. The van der Waals surface area contributed by atoms with Crippen LogP contribution < -0.4 is 9.64 Å². The minimum absolute atomic E-state index is 0.00312. The van der Waals surface area contributed by atoms with E-state index < -0.39 is 6.04 Å². The maximum Gasteiger partial charge on any atom is 0.253 e. The number of unbranched alkanes of at least 4 members (excludes halogenated alkanes) is 3. The number of imide groups is 1. The molecule has 7 nitrogen and oxygen atoms in total. The Morgan fingerprint density at radius 3 is 2.29 bits per heavy atom. The highest BCUT2D eigenvalue weighted by Gasteiger charge is 2.43. The van der Waals surface area contributed by atoms with Crippen LogP contribution in [0, 0.1) is 0 Å². The van der Waals surface area contributed by atoms with Crippen LogP contribution in [0.2, 0.25) is 0 Å². The van der Waals surface area contributed by atoms with Crippen molar-refractivity contribution in [1.29, 1.82) is 0 Å². The topological polar surface area (TPSA) is 70.2 Å². The number of amides is 3. The lowest BCUT2D eigenvalue weighted by Crippen LogP contribution is -2.53. The fourth-order valence-corrected chi connectivity index (χ4v) is 4.58. The lowest BCUT2D eigenvalue weighted by Gasteiger charge is -2.37. The van der Waals surface area contributed by atoms with E-state index in [2.05, 4.69) is 6.92 Å². The summed E-state index contributed by atoms with van der Waals surface area (Å²) >= 11 is 0. The number of piperazine rings is 1. The molecule has 0 unspecified atom stereocenters. The van der Waals surface area contributed by atoms with Crippen molar-refractivity contribution in [3.63, 3.8) is 0 Å².